The zero-order chi connectivity index (χ0) is 9.42. The maximum atomic E-state index is 11.3. The minimum absolute atomic E-state index is 0.244. The Labute approximate surface area is 83.2 Å². The van der Waals surface area contributed by atoms with E-state index in [9.17, 15) is 9.59 Å². The van der Waals surface area contributed by atoms with E-state index in [2.05, 4.69) is 26.6 Å². The number of carbonyl (C=O) groups excluding carboxylic acids is 2. The Balaban J connectivity index is 2.30. The van der Waals surface area contributed by atoms with Crippen LogP contribution in [0, 0.1) is 5.92 Å². The van der Waals surface area contributed by atoms with Crippen molar-refractivity contribution in [1.29, 1.82) is 0 Å². The van der Waals surface area contributed by atoms with Crippen molar-refractivity contribution in [2.45, 2.75) is 6.04 Å². The monoisotopic (exact) mass is 242 g/mol. The first-order valence-corrected chi connectivity index (χ1v) is 4.63. The number of halogens is 1. The molecule has 2 rings (SSSR count). The topological polar surface area (TPSA) is 58.2 Å². The Morgan fingerprint density at radius 3 is 2.92 bits per heavy atom. The molecule has 1 aliphatic carbocycles. The molecule has 1 heterocycles. The van der Waals surface area contributed by atoms with E-state index < -0.39 is 6.03 Å². The van der Waals surface area contributed by atoms with Gasteiger partial charge in [0.1, 0.15) is 0 Å². The van der Waals surface area contributed by atoms with Crippen LogP contribution in [-0.4, -0.2) is 18.0 Å². The van der Waals surface area contributed by atoms with E-state index in [4.69, 9.17) is 0 Å². The quantitative estimate of drug-likeness (QED) is 0.656. The van der Waals surface area contributed by atoms with Crippen LogP contribution in [0.4, 0.5) is 4.79 Å². The lowest BCUT2D eigenvalue weighted by Gasteiger charge is -2.31. The summed E-state index contributed by atoms with van der Waals surface area (Å²) in [6, 6.07) is -0.682. The highest BCUT2D eigenvalue weighted by molar-refractivity contribution is 9.11. The van der Waals surface area contributed by atoms with Crippen molar-refractivity contribution in [1.82, 2.24) is 10.6 Å². The largest absolute Gasteiger partial charge is 0.329 e. The van der Waals surface area contributed by atoms with Crippen LogP contribution in [-0.2, 0) is 4.79 Å². The molecule has 0 saturated carbocycles. The predicted octanol–water partition coefficient (Wildman–Crippen LogP) is 0.659. The number of urea groups is 1. The molecule has 0 aromatic rings. The van der Waals surface area contributed by atoms with Gasteiger partial charge in [0.25, 0.3) is 0 Å². The van der Waals surface area contributed by atoms with Crippen LogP contribution in [0.25, 0.3) is 0 Å². The van der Waals surface area contributed by atoms with Gasteiger partial charge < -0.3 is 5.32 Å². The third-order valence-corrected chi connectivity index (χ3v) is 2.81. The van der Waals surface area contributed by atoms with Crippen molar-refractivity contribution in [3.63, 3.8) is 0 Å². The van der Waals surface area contributed by atoms with Gasteiger partial charge in [-0.3, -0.25) is 10.1 Å². The van der Waals surface area contributed by atoms with Gasteiger partial charge >= 0.3 is 6.03 Å². The maximum absolute atomic E-state index is 11.3. The first-order chi connectivity index (χ1) is 6.18. The Hall–Kier alpha value is -1.10. The van der Waals surface area contributed by atoms with Crippen molar-refractivity contribution in [3.8, 4) is 0 Å². The van der Waals surface area contributed by atoms with Crippen LogP contribution in [0.3, 0.4) is 0 Å². The fraction of sp³-hybridized carbons (Fsp3) is 0.250. The molecular formula is C8H7BrN2O2. The molecule has 2 N–H and O–H groups in total. The Morgan fingerprint density at radius 1 is 1.38 bits per heavy atom. The first kappa shape index (κ1) is 8.50. The lowest BCUT2D eigenvalue weighted by molar-refractivity contribution is -0.123. The van der Waals surface area contributed by atoms with Crippen LogP contribution >= 0.6 is 15.9 Å². The average Bonchev–Trinajstić information content (AvgIpc) is 2.07. The molecule has 0 radical (unpaired) electrons. The Bertz CT molecular complexity index is 335. The van der Waals surface area contributed by atoms with Gasteiger partial charge in [-0.25, -0.2) is 4.79 Å². The van der Waals surface area contributed by atoms with Gasteiger partial charge in [0.15, 0.2) is 0 Å². The highest BCUT2D eigenvalue weighted by Gasteiger charge is 2.36. The first-order valence-electron chi connectivity index (χ1n) is 3.84. The number of carbonyl (C=O) groups is 2. The van der Waals surface area contributed by atoms with E-state index in [1.807, 2.05) is 6.08 Å². The van der Waals surface area contributed by atoms with E-state index in [1.165, 1.54) is 0 Å². The number of hydrogen-bond acceptors (Lipinski definition) is 2. The molecule has 3 amide bonds. The molecule has 0 spiro atoms. The second kappa shape index (κ2) is 2.99. The lowest BCUT2D eigenvalue weighted by Crippen LogP contribution is -2.58. The third kappa shape index (κ3) is 1.39. The summed E-state index contributed by atoms with van der Waals surface area (Å²) in [6.07, 6.45) is 5.38. The summed E-state index contributed by atoms with van der Waals surface area (Å²) in [6.45, 7) is 0. The van der Waals surface area contributed by atoms with Crippen molar-refractivity contribution in [3.05, 3.63) is 22.7 Å². The van der Waals surface area contributed by atoms with Crippen LogP contribution in [0.5, 0.6) is 0 Å². The summed E-state index contributed by atoms with van der Waals surface area (Å²) in [4.78, 5) is 22.3. The fourth-order valence-electron chi connectivity index (χ4n) is 1.42. The number of allylic oxidation sites excluding steroid dienone is 2. The smallest absolute Gasteiger partial charge is 0.321 e. The van der Waals surface area contributed by atoms with Crippen molar-refractivity contribution in [2.24, 2.45) is 5.92 Å². The molecule has 0 aromatic heterocycles. The number of rotatable bonds is 0. The number of fused-ring (bicyclic) bond motifs is 1. The number of nitrogens with one attached hydrogen (secondary N) is 2. The molecule has 68 valence electrons. The number of imide groups is 1. The van der Waals surface area contributed by atoms with Gasteiger partial charge in [-0.2, -0.15) is 0 Å². The van der Waals surface area contributed by atoms with Gasteiger partial charge in [-0.15, -0.1) is 0 Å². The van der Waals surface area contributed by atoms with Crippen LogP contribution < -0.4 is 10.6 Å². The van der Waals surface area contributed by atoms with E-state index in [0.29, 0.717) is 0 Å². The second-order valence-corrected chi connectivity index (χ2v) is 3.82. The standard InChI is InChI=1S/C8H7BrN2O2/c9-5-3-1-2-4-6(5)10-8(13)11-7(4)12/h1-4,6H,(H2,10,11,12,13). The van der Waals surface area contributed by atoms with E-state index in [1.54, 1.807) is 12.2 Å². The molecule has 2 atom stereocenters. The third-order valence-electron chi connectivity index (χ3n) is 2.06. The van der Waals surface area contributed by atoms with Crippen LogP contribution in [0.2, 0.25) is 0 Å². The molecule has 0 bridgehead atoms. The molecule has 5 heteroatoms. The molecule has 13 heavy (non-hydrogen) atoms. The molecule has 2 aliphatic rings. The van der Waals surface area contributed by atoms with Gasteiger partial charge in [0, 0.05) is 4.48 Å². The molecular weight excluding hydrogens is 236 g/mol. The van der Waals surface area contributed by atoms with Crippen molar-refractivity contribution >= 4 is 27.9 Å². The van der Waals surface area contributed by atoms with Crippen molar-refractivity contribution in [2.75, 3.05) is 0 Å². The van der Waals surface area contributed by atoms with Gasteiger partial charge in [-0.05, 0) is 0 Å². The molecule has 2 unspecified atom stereocenters. The van der Waals surface area contributed by atoms with E-state index in [0.717, 1.165) is 4.48 Å². The minimum atomic E-state index is -0.438. The molecule has 0 aromatic carbocycles. The van der Waals surface area contributed by atoms with Gasteiger partial charge in [-0.1, -0.05) is 34.2 Å². The zero-order valence-electron chi connectivity index (χ0n) is 6.58. The predicted molar refractivity (Wildman–Crippen MR) is 50.1 cm³/mol. The summed E-state index contributed by atoms with van der Waals surface area (Å²) in [7, 11) is 0. The normalized spacial score (nSPS) is 31.6. The maximum Gasteiger partial charge on any atom is 0.321 e. The highest BCUT2D eigenvalue weighted by atomic mass is 79.9. The number of amides is 3. The Kier molecular flexibility index (Phi) is 1.95. The molecule has 1 saturated heterocycles. The SMILES string of the molecule is O=C1NC(=O)C2C=CC=C(Br)C2N1. The molecule has 1 aliphatic heterocycles. The Morgan fingerprint density at radius 2 is 2.15 bits per heavy atom. The second-order valence-electron chi connectivity index (χ2n) is 2.90. The summed E-state index contributed by atoms with van der Waals surface area (Å²) < 4.78 is 0.822. The van der Waals surface area contributed by atoms with E-state index >= 15 is 0 Å². The van der Waals surface area contributed by atoms with Crippen molar-refractivity contribution < 1.29 is 9.59 Å². The van der Waals surface area contributed by atoms with Crippen LogP contribution in [0.1, 0.15) is 0 Å². The summed E-state index contributed by atoms with van der Waals surface area (Å²) >= 11 is 3.30. The molecule has 1 fully saturated rings. The summed E-state index contributed by atoms with van der Waals surface area (Å²) in [5, 5.41) is 4.87. The highest BCUT2D eigenvalue weighted by Crippen LogP contribution is 2.25. The van der Waals surface area contributed by atoms with Gasteiger partial charge in [0.2, 0.25) is 5.91 Å². The average molecular weight is 243 g/mol. The van der Waals surface area contributed by atoms with Crippen LogP contribution in [0.15, 0.2) is 22.7 Å². The number of hydrogen-bond donors (Lipinski definition) is 2. The summed E-state index contributed by atoms with van der Waals surface area (Å²) in [5.74, 6) is -0.549. The summed E-state index contributed by atoms with van der Waals surface area (Å²) in [5.41, 5.74) is 0. The minimum Gasteiger partial charge on any atom is -0.329 e. The van der Waals surface area contributed by atoms with E-state index in [-0.39, 0.29) is 17.9 Å². The van der Waals surface area contributed by atoms with Gasteiger partial charge in [0.05, 0.1) is 12.0 Å². The fourth-order valence-corrected chi connectivity index (χ4v) is 1.98. The zero-order valence-corrected chi connectivity index (χ0v) is 8.17. The molecule has 4 nitrogen and oxygen atoms in total. The lowest BCUT2D eigenvalue weighted by atomic mass is 9.93.